The Kier molecular flexibility index (Phi) is 8.32. The highest BCUT2D eigenvalue weighted by Crippen LogP contribution is 2.29. The molecule has 1 N–H and O–H groups in total. The molecule has 0 atom stereocenters. The molecule has 9 nitrogen and oxygen atoms in total. The van der Waals surface area contributed by atoms with Crippen LogP contribution in [0.25, 0.3) is 21.7 Å². The summed E-state index contributed by atoms with van der Waals surface area (Å²) in [6.45, 7) is -0.597. The van der Waals surface area contributed by atoms with E-state index in [4.69, 9.17) is 4.74 Å². The summed E-state index contributed by atoms with van der Waals surface area (Å²) in [6.07, 6.45) is -3.71. The van der Waals surface area contributed by atoms with Gasteiger partial charge in [0, 0.05) is 25.5 Å². The molecule has 0 bridgehead atoms. The molecule has 4 aromatic rings. The standard InChI is InChI=1S/C30H30F3N5O4/c1-37(2)27-24-9-5-6-10-25(24)35-29(36-27)34-21-12-14-22(15-13-21)38(42-28(40)30(31,32)33)26(39)18-41-23-16-11-19-7-3-4-8-20(19)17-23/h3-11,16-17,21-22H,12-15,18H2,1-2H3,(H,34,35,36). The van der Waals surface area contributed by atoms with E-state index in [1.807, 2.05) is 73.6 Å². The molecule has 42 heavy (non-hydrogen) atoms. The number of para-hydroxylation sites is 1. The van der Waals surface area contributed by atoms with Gasteiger partial charge in [-0.05, 0) is 60.7 Å². The number of nitrogens with one attached hydrogen (secondary N) is 1. The van der Waals surface area contributed by atoms with Crippen molar-refractivity contribution in [1.29, 1.82) is 0 Å². The molecule has 1 fully saturated rings. The Hall–Kier alpha value is -4.61. The third-order valence-electron chi connectivity index (χ3n) is 7.11. The number of hydrogen-bond donors (Lipinski definition) is 1. The zero-order valence-electron chi connectivity index (χ0n) is 23.1. The van der Waals surface area contributed by atoms with Crippen LogP contribution in [0.4, 0.5) is 24.9 Å². The van der Waals surface area contributed by atoms with Crippen LogP contribution in [0.5, 0.6) is 5.75 Å². The lowest BCUT2D eigenvalue weighted by atomic mass is 9.91. The summed E-state index contributed by atoms with van der Waals surface area (Å²) in [5.41, 5.74) is 0.773. The highest BCUT2D eigenvalue weighted by atomic mass is 19.4. The zero-order chi connectivity index (χ0) is 29.9. The van der Waals surface area contributed by atoms with Crippen molar-refractivity contribution in [3.63, 3.8) is 0 Å². The van der Waals surface area contributed by atoms with Crippen LogP contribution in [0, 0.1) is 0 Å². The van der Waals surface area contributed by atoms with Crippen LogP contribution in [0.1, 0.15) is 25.7 Å². The molecule has 0 aliphatic heterocycles. The molecule has 220 valence electrons. The zero-order valence-corrected chi connectivity index (χ0v) is 23.1. The number of ether oxygens (including phenoxy) is 1. The minimum absolute atomic E-state index is 0.0958. The van der Waals surface area contributed by atoms with E-state index in [1.54, 1.807) is 12.1 Å². The number of nitrogens with zero attached hydrogens (tertiary/aromatic N) is 4. The lowest BCUT2D eigenvalue weighted by Gasteiger charge is -2.35. The summed E-state index contributed by atoms with van der Waals surface area (Å²) in [5.74, 6) is -1.79. The Morgan fingerprint density at radius 1 is 0.929 bits per heavy atom. The summed E-state index contributed by atoms with van der Waals surface area (Å²) < 4.78 is 44.8. The van der Waals surface area contributed by atoms with Gasteiger partial charge in [0.1, 0.15) is 11.6 Å². The molecule has 5 rings (SSSR count). The number of rotatable bonds is 7. The molecule has 0 spiro atoms. The van der Waals surface area contributed by atoms with E-state index in [9.17, 15) is 22.8 Å². The van der Waals surface area contributed by atoms with E-state index in [-0.39, 0.29) is 6.04 Å². The van der Waals surface area contributed by atoms with Gasteiger partial charge >= 0.3 is 12.1 Å². The average molecular weight is 582 g/mol. The van der Waals surface area contributed by atoms with Gasteiger partial charge in [-0.15, -0.1) is 0 Å². The molecule has 0 saturated heterocycles. The Labute approximate surface area is 240 Å². The molecule has 1 aliphatic rings. The number of hydrogen-bond acceptors (Lipinski definition) is 8. The second kappa shape index (κ2) is 12.1. The van der Waals surface area contributed by atoms with Crippen LogP contribution in [0.15, 0.2) is 66.7 Å². The number of carbonyl (C=O) groups excluding carboxylic acids is 2. The van der Waals surface area contributed by atoms with E-state index in [2.05, 4.69) is 20.1 Å². The fourth-order valence-electron chi connectivity index (χ4n) is 5.04. The second-order valence-corrected chi connectivity index (χ2v) is 10.3. The molecule has 1 aliphatic carbocycles. The first kappa shape index (κ1) is 28.9. The topological polar surface area (TPSA) is 96.9 Å². The number of benzene rings is 3. The predicted molar refractivity (Wildman–Crippen MR) is 152 cm³/mol. The number of amides is 1. The van der Waals surface area contributed by atoms with Crippen LogP contribution >= 0.6 is 0 Å². The Bertz CT molecular complexity index is 1590. The van der Waals surface area contributed by atoms with E-state index < -0.39 is 30.7 Å². The molecule has 1 aromatic heterocycles. The van der Waals surface area contributed by atoms with E-state index in [1.165, 1.54) is 0 Å². The Balaban J connectivity index is 1.26. The smallest absolute Gasteiger partial charge is 0.484 e. The van der Waals surface area contributed by atoms with Crippen LogP contribution in [-0.4, -0.2) is 65.9 Å². The number of hydroxylamine groups is 2. The molecular formula is C30H30F3N5O4. The molecule has 1 saturated carbocycles. The second-order valence-electron chi connectivity index (χ2n) is 10.3. The number of alkyl halides is 3. The maximum absolute atomic E-state index is 13.1. The molecule has 0 unspecified atom stereocenters. The van der Waals surface area contributed by atoms with Gasteiger partial charge in [-0.25, -0.2) is 9.78 Å². The monoisotopic (exact) mass is 581 g/mol. The largest absolute Gasteiger partial charge is 0.493 e. The Morgan fingerprint density at radius 2 is 1.62 bits per heavy atom. The van der Waals surface area contributed by atoms with Gasteiger partial charge in [-0.3, -0.25) is 4.79 Å². The first-order valence-electron chi connectivity index (χ1n) is 13.5. The number of carbonyl (C=O) groups is 2. The first-order valence-corrected chi connectivity index (χ1v) is 13.5. The number of fused-ring (bicyclic) bond motifs is 2. The van der Waals surface area contributed by atoms with Crippen LogP contribution in [-0.2, 0) is 14.4 Å². The maximum atomic E-state index is 13.1. The summed E-state index contributed by atoms with van der Waals surface area (Å²) in [6, 6.07) is 19.5. The van der Waals surface area contributed by atoms with Gasteiger partial charge < -0.3 is 19.8 Å². The highest BCUT2D eigenvalue weighted by molar-refractivity contribution is 5.90. The normalized spacial score (nSPS) is 17.1. The number of aromatic nitrogens is 2. The maximum Gasteiger partial charge on any atom is 0.493 e. The molecule has 3 aromatic carbocycles. The third-order valence-corrected chi connectivity index (χ3v) is 7.11. The van der Waals surface area contributed by atoms with Crippen molar-refractivity contribution in [2.75, 3.05) is 30.9 Å². The molecular weight excluding hydrogens is 551 g/mol. The van der Waals surface area contributed by atoms with Crippen molar-refractivity contribution in [2.24, 2.45) is 0 Å². The third kappa shape index (κ3) is 6.64. The molecule has 1 heterocycles. The van der Waals surface area contributed by atoms with Gasteiger partial charge in [-0.1, -0.05) is 42.5 Å². The lowest BCUT2D eigenvalue weighted by molar-refractivity contribution is -0.245. The SMILES string of the molecule is CN(C)c1nc(NC2CCC(N(OC(=O)C(F)(F)F)C(=O)COc3ccc4ccccc4c3)CC2)nc2ccccc12. The number of anilines is 2. The van der Waals surface area contributed by atoms with E-state index in [0.29, 0.717) is 42.4 Å². The molecule has 12 heteroatoms. The minimum Gasteiger partial charge on any atom is -0.484 e. The average Bonchev–Trinajstić information content (AvgIpc) is 2.98. The van der Waals surface area contributed by atoms with Crippen molar-refractivity contribution in [2.45, 2.75) is 43.9 Å². The van der Waals surface area contributed by atoms with Crippen LogP contribution in [0.3, 0.4) is 0 Å². The summed E-state index contributed by atoms with van der Waals surface area (Å²) >= 11 is 0. The van der Waals surface area contributed by atoms with E-state index in [0.717, 1.165) is 27.5 Å². The highest BCUT2D eigenvalue weighted by Gasteiger charge is 2.45. The van der Waals surface area contributed by atoms with Crippen molar-refractivity contribution < 1.29 is 32.3 Å². The fourth-order valence-corrected chi connectivity index (χ4v) is 5.04. The van der Waals surface area contributed by atoms with Crippen molar-refractivity contribution >= 4 is 45.3 Å². The summed E-state index contributed by atoms with van der Waals surface area (Å²) in [5, 5.41) is 6.60. The molecule has 0 radical (unpaired) electrons. The fraction of sp³-hybridized carbons (Fsp3) is 0.333. The lowest BCUT2D eigenvalue weighted by Crippen LogP contribution is -2.48. The van der Waals surface area contributed by atoms with Gasteiger partial charge in [0.05, 0.1) is 11.6 Å². The van der Waals surface area contributed by atoms with Gasteiger partial charge in [0.15, 0.2) is 6.61 Å². The minimum atomic E-state index is -5.26. The molecule has 1 amide bonds. The van der Waals surface area contributed by atoms with Crippen molar-refractivity contribution in [3.05, 3.63) is 66.7 Å². The van der Waals surface area contributed by atoms with Crippen LogP contribution in [0.2, 0.25) is 0 Å². The van der Waals surface area contributed by atoms with E-state index >= 15 is 0 Å². The summed E-state index contributed by atoms with van der Waals surface area (Å²) in [7, 11) is 3.78. The number of halogens is 3. The van der Waals surface area contributed by atoms with Crippen molar-refractivity contribution in [3.8, 4) is 5.75 Å². The van der Waals surface area contributed by atoms with Gasteiger partial charge in [0.25, 0.3) is 5.91 Å². The Morgan fingerprint density at radius 3 is 2.33 bits per heavy atom. The quantitative estimate of drug-likeness (QED) is 0.286. The van der Waals surface area contributed by atoms with Crippen LogP contribution < -0.4 is 15.0 Å². The first-order chi connectivity index (χ1) is 20.1. The van der Waals surface area contributed by atoms with Gasteiger partial charge in [-0.2, -0.15) is 23.2 Å². The van der Waals surface area contributed by atoms with Gasteiger partial charge in [0.2, 0.25) is 5.95 Å². The predicted octanol–water partition coefficient (Wildman–Crippen LogP) is 5.50. The summed E-state index contributed by atoms with van der Waals surface area (Å²) in [4.78, 5) is 40.5. The van der Waals surface area contributed by atoms with Crippen molar-refractivity contribution in [1.82, 2.24) is 15.0 Å².